The van der Waals surface area contributed by atoms with Crippen LogP contribution >= 0.6 is 0 Å². The molecule has 1 atom stereocenters. The summed E-state index contributed by atoms with van der Waals surface area (Å²) >= 11 is 0. The first-order valence-corrected chi connectivity index (χ1v) is 8.67. The van der Waals surface area contributed by atoms with Crippen LogP contribution in [-0.4, -0.2) is 51.2 Å². The fourth-order valence-corrected chi connectivity index (χ4v) is 3.17. The Bertz CT molecular complexity index is 614. The molecule has 6 heteroatoms. The van der Waals surface area contributed by atoms with Crippen LogP contribution in [0.1, 0.15) is 24.8 Å². The number of nitrogens with one attached hydrogen (secondary N) is 1. The van der Waals surface area contributed by atoms with Crippen LogP contribution in [0, 0.1) is 0 Å². The second kappa shape index (κ2) is 8.59. The molecular weight excluding hydrogens is 302 g/mol. The Morgan fingerprint density at radius 3 is 2.92 bits per heavy atom. The monoisotopic (exact) mass is 327 g/mol. The molecule has 2 aromatic rings. The third-order valence-electron chi connectivity index (χ3n) is 4.46. The quantitative estimate of drug-likeness (QED) is 0.837. The van der Waals surface area contributed by atoms with E-state index in [4.69, 9.17) is 0 Å². The minimum atomic E-state index is 0.0976. The summed E-state index contributed by atoms with van der Waals surface area (Å²) in [4.78, 5) is 18.4. The summed E-state index contributed by atoms with van der Waals surface area (Å²) in [6, 6.07) is 10.8. The zero-order valence-electron chi connectivity index (χ0n) is 14.0. The number of piperidine rings is 1. The smallest absolute Gasteiger partial charge is 0.222 e. The molecule has 128 valence electrons. The van der Waals surface area contributed by atoms with E-state index < -0.39 is 0 Å². The number of hydrogen-bond donors (Lipinski definition) is 1. The molecule has 0 radical (unpaired) electrons. The predicted octanol–water partition coefficient (Wildman–Crippen LogP) is 1.49. The third kappa shape index (κ3) is 5.16. The Hall–Kier alpha value is -2.21. The van der Waals surface area contributed by atoms with Crippen molar-refractivity contribution in [2.24, 2.45) is 0 Å². The van der Waals surface area contributed by atoms with E-state index in [-0.39, 0.29) is 11.9 Å². The molecule has 1 aromatic carbocycles. The highest BCUT2D eigenvalue weighted by molar-refractivity contribution is 5.76. The van der Waals surface area contributed by atoms with Crippen molar-refractivity contribution in [2.75, 3.05) is 19.6 Å². The number of carbonyl (C=O) groups excluding carboxylic acids is 1. The van der Waals surface area contributed by atoms with Gasteiger partial charge in [0.2, 0.25) is 5.91 Å². The van der Waals surface area contributed by atoms with Crippen molar-refractivity contribution in [3.05, 3.63) is 48.5 Å². The molecule has 0 saturated carbocycles. The van der Waals surface area contributed by atoms with Crippen molar-refractivity contribution in [1.82, 2.24) is 25.0 Å². The molecule has 2 heterocycles. The molecule has 3 rings (SSSR count). The molecule has 1 fully saturated rings. The summed E-state index contributed by atoms with van der Waals surface area (Å²) in [6.07, 6.45) is 6.85. The van der Waals surface area contributed by atoms with Gasteiger partial charge in [0, 0.05) is 25.6 Å². The number of aromatic nitrogens is 3. The van der Waals surface area contributed by atoms with Gasteiger partial charge in [0.25, 0.3) is 0 Å². The maximum Gasteiger partial charge on any atom is 0.222 e. The second-order valence-corrected chi connectivity index (χ2v) is 6.35. The highest BCUT2D eigenvalue weighted by atomic mass is 16.1. The summed E-state index contributed by atoms with van der Waals surface area (Å²) in [5.41, 5.74) is 1.37. The lowest BCUT2D eigenvalue weighted by Gasteiger charge is -2.33. The van der Waals surface area contributed by atoms with Crippen molar-refractivity contribution in [2.45, 2.75) is 38.3 Å². The van der Waals surface area contributed by atoms with Gasteiger partial charge in [-0.05, 0) is 31.4 Å². The number of likely N-dealkylation sites (tertiary alicyclic amines) is 1. The van der Waals surface area contributed by atoms with Gasteiger partial charge in [-0.3, -0.25) is 9.48 Å². The lowest BCUT2D eigenvalue weighted by atomic mass is 10.0. The SMILES string of the molecule is O=C(CCn1cncn1)N[C@H]1CCCN(CCc2ccccc2)C1. The van der Waals surface area contributed by atoms with E-state index in [9.17, 15) is 4.79 Å². The van der Waals surface area contributed by atoms with Crippen molar-refractivity contribution in [3.63, 3.8) is 0 Å². The standard InChI is InChI=1S/C18H25N5O/c24-18(9-12-23-15-19-14-20-23)21-17-7-4-10-22(13-17)11-8-16-5-2-1-3-6-16/h1-3,5-6,14-15,17H,4,7-13H2,(H,21,24)/t17-/m0/s1. The van der Waals surface area contributed by atoms with Gasteiger partial charge in [-0.1, -0.05) is 30.3 Å². The van der Waals surface area contributed by atoms with Crippen molar-refractivity contribution < 1.29 is 4.79 Å². The lowest BCUT2D eigenvalue weighted by molar-refractivity contribution is -0.122. The van der Waals surface area contributed by atoms with Gasteiger partial charge in [0.05, 0.1) is 6.54 Å². The topological polar surface area (TPSA) is 63.1 Å². The molecule has 6 nitrogen and oxygen atoms in total. The highest BCUT2D eigenvalue weighted by Crippen LogP contribution is 2.11. The number of carbonyl (C=O) groups is 1. The normalized spacial score (nSPS) is 18.4. The molecule has 1 aliphatic rings. The largest absolute Gasteiger partial charge is 0.352 e. The zero-order valence-corrected chi connectivity index (χ0v) is 14.0. The van der Waals surface area contributed by atoms with Crippen molar-refractivity contribution >= 4 is 5.91 Å². The van der Waals surface area contributed by atoms with Crippen LogP contribution in [-0.2, 0) is 17.8 Å². The molecule has 1 aliphatic heterocycles. The van der Waals surface area contributed by atoms with E-state index in [0.29, 0.717) is 13.0 Å². The summed E-state index contributed by atoms with van der Waals surface area (Å²) in [5, 5.41) is 7.18. The molecule has 0 bridgehead atoms. The molecule has 1 amide bonds. The molecule has 1 saturated heterocycles. The molecule has 1 aromatic heterocycles. The van der Waals surface area contributed by atoms with E-state index in [2.05, 4.69) is 50.6 Å². The summed E-state index contributed by atoms with van der Waals surface area (Å²) in [5.74, 6) is 0.0976. The molecule has 0 aliphatic carbocycles. The van der Waals surface area contributed by atoms with E-state index in [1.54, 1.807) is 11.0 Å². The fourth-order valence-electron chi connectivity index (χ4n) is 3.17. The minimum absolute atomic E-state index is 0.0976. The van der Waals surface area contributed by atoms with Crippen LogP contribution in [0.4, 0.5) is 0 Å². The lowest BCUT2D eigenvalue weighted by Crippen LogP contribution is -2.48. The molecular formula is C18H25N5O. The number of hydrogen-bond acceptors (Lipinski definition) is 4. The third-order valence-corrected chi connectivity index (χ3v) is 4.46. The maximum absolute atomic E-state index is 12.1. The predicted molar refractivity (Wildman–Crippen MR) is 92.4 cm³/mol. The van der Waals surface area contributed by atoms with Gasteiger partial charge in [0.15, 0.2) is 0 Å². The van der Waals surface area contributed by atoms with Gasteiger partial charge in [-0.2, -0.15) is 5.10 Å². The van der Waals surface area contributed by atoms with E-state index in [0.717, 1.165) is 38.9 Å². The number of benzene rings is 1. The maximum atomic E-state index is 12.1. The Morgan fingerprint density at radius 2 is 2.12 bits per heavy atom. The number of amides is 1. The molecule has 0 unspecified atom stereocenters. The summed E-state index contributed by atoms with van der Waals surface area (Å²) in [6.45, 7) is 3.70. The van der Waals surface area contributed by atoms with Crippen molar-refractivity contribution in [1.29, 1.82) is 0 Å². The van der Waals surface area contributed by atoms with Crippen LogP contribution in [0.2, 0.25) is 0 Å². The van der Waals surface area contributed by atoms with Gasteiger partial charge in [-0.15, -0.1) is 0 Å². The van der Waals surface area contributed by atoms with Crippen LogP contribution in [0.25, 0.3) is 0 Å². The van der Waals surface area contributed by atoms with Crippen LogP contribution in [0.3, 0.4) is 0 Å². The van der Waals surface area contributed by atoms with Gasteiger partial charge in [0.1, 0.15) is 12.7 Å². The Labute approximate surface area is 142 Å². The van der Waals surface area contributed by atoms with E-state index in [1.165, 1.54) is 11.9 Å². The minimum Gasteiger partial charge on any atom is -0.352 e. The Balaban J connectivity index is 1.39. The zero-order chi connectivity index (χ0) is 16.6. The van der Waals surface area contributed by atoms with Gasteiger partial charge < -0.3 is 10.2 Å². The second-order valence-electron chi connectivity index (χ2n) is 6.35. The Kier molecular flexibility index (Phi) is 5.96. The first kappa shape index (κ1) is 16.6. The van der Waals surface area contributed by atoms with Gasteiger partial charge in [-0.25, -0.2) is 4.98 Å². The van der Waals surface area contributed by atoms with Gasteiger partial charge >= 0.3 is 0 Å². The fraction of sp³-hybridized carbons (Fsp3) is 0.500. The number of rotatable bonds is 7. The average Bonchev–Trinajstić information content (AvgIpc) is 3.13. The number of aryl methyl sites for hydroxylation is 1. The number of nitrogens with zero attached hydrogens (tertiary/aromatic N) is 4. The molecule has 24 heavy (non-hydrogen) atoms. The van der Waals surface area contributed by atoms with Crippen molar-refractivity contribution in [3.8, 4) is 0 Å². The molecule has 0 spiro atoms. The van der Waals surface area contributed by atoms with E-state index in [1.807, 2.05) is 0 Å². The van der Waals surface area contributed by atoms with Crippen LogP contribution < -0.4 is 5.32 Å². The molecule has 1 N–H and O–H groups in total. The summed E-state index contributed by atoms with van der Waals surface area (Å²) < 4.78 is 1.69. The summed E-state index contributed by atoms with van der Waals surface area (Å²) in [7, 11) is 0. The van der Waals surface area contributed by atoms with Crippen LogP contribution in [0.5, 0.6) is 0 Å². The highest BCUT2D eigenvalue weighted by Gasteiger charge is 2.21. The van der Waals surface area contributed by atoms with E-state index >= 15 is 0 Å². The first-order chi connectivity index (χ1) is 11.8. The first-order valence-electron chi connectivity index (χ1n) is 8.67. The average molecular weight is 327 g/mol. The van der Waals surface area contributed by atoms with Crippen LogP contribution in [0.15, 0.2) is 43.0 Å². The Morgan fingerprint density at radius 1 is 1.25 bits per heavy atom.